The Kier molecular flexibility index (Phi) is 8.96. The number of carbonyl (C=O) groups excluding carboxylic acids is 1. The van der Waals surface area contributed by atoms with Gasteiger partial charge in [0.25, 0.3) is 5.91 Å². The highest BCUT2D eigenvalue weighted by atomic mass is 32.2. The molecule has 0 spiro atoms. The fraction of sp³-hybridized carbons (Fsp3) is 0.593. The molecule has 11 nitrogen and oxygen atoms in total. The van der Waals surface area contributed by atoms with E-state index in [-0.39, 0.29) is 22.9 Å². The number of aromatic nitrogens is 2. The topological polar surface area (TPSA) is 146 Å². The van der Waals surface area contributed by atoms with Crippen molar-refractivity contribution in [3.8, 4) is 0 Å². The molecular formula is C27H38N6O5S. The molecule has 1 aromatic heterocycles. The van der Waals surface area contributed by atoms with Gasteiger partial charge >= 0.3 is 0 Å². The summed E-state index contributed by atoms with van der Waals surface area (Å²) in [5, 5.41) is 19.6. The van der Waals surface area contributed by atoms with Crippen LogP contribution < -0.4 is 16.0 Å². The van der Waals surface area contributed by atoms with Gasteiger partial charge in [0, 0.05) is 37.1 Å². The summed E-state index contributed by atoms with van der Waals surface area (Å²) in [7, 11) is -3.62. The van der Waals surface area contributed by atoms with Crippen molar-refractivity contribution in [2.24, 2.45) is 0 Å². The Bertz CT molecular complexity index is 1220. The first-order valence-electron chi connectivity index (χ1n) is 14.0. The lowest BCUT2D eigenvalue weighted by atomic mass is 9.93. The number of ether oxygens (including phenoxy) is 1. The van der Waals surface area contributed by atoms with Gasteiger partial charge in [-0.15, -0.1) is 0 Å². The minimum Gasteiger partial charge on any atom is -0.393 e. The number of sulfonamides is 1. The Morgan fingerprint density at radius 2 is 1.59 bits per heavy atom. The first-order chi connectivity index (χ1) is 18.9. The molecule has 2 saturated carbocycles. The molecule has 4 N–H and O–H groups in total. The highest BCUT2D eigenvalue weighted by Crippen LogP contribution is 2.26. The molecule has 5 rings (SSSR count). The van der Waals surface area contributed by atoms with Gasteiger partial charge in [-0.3, -0.25) is 4.79 Å². The van der Waals surface area contributed by atoms with Crippen LogP contribution in [-0.4, -0.2) is 78.2 Å². The maximum Gasteiger partial charge on any atom is 0.260 e. The molecule has 39 heavy (non-hydrogen) atoms. The van der Waals surface area contributed by atoms with E-state index >= 15 is 0 Å². The van der Waals surface area contributed by atoms with Crippen molar-refractivity contribution < 1.29 is 23.1 Å². The minimum atomic E-state index is -3.62. The summed E-state index contributed by atoms with van der Waals surface area (Å²) < 4.78 is 32.5. The van der Waals surface area contributed by atoms with E-state index in [1.807, 2.05) is 0 Å². The molecular weight excluding hydrogens is 520 g/mol. The van der Waals surface area contributed by atoms with Crippen LogP contribution in [0, 0.1) is 0 Å². The minimum absolute atomic E-state index is 0.0991. The summed E-state index contributed by atoms with van der Waals surface area (Å²) in [5.41, 5.74) is 0.775. The van der Waals surface area contributed by atoms with E-state index in [0.29, 0.717) is 68.2 Å². The van der Waals surface area contributed by atoms with Gasteiger partial charge in [0.1, 0.15) is 11.4 Å². The molecule has 0 radical (unpaired) electrons. The molecule has 0 bridgehead atoms. The van der Waals surface area contributed by atoms with Crippen molar-refractivity contribution >= 4 is 33.4 Å². The van der Waals surface area contributed by atoms with Crippen molar-refractivity contribution in [1.82, 2.24) is 14.3 Å². The van der Waals surface area contributed by atoms with Crippen molar-refractivity contribution in [1.29, 1.82) is 0 Å². The zero-order chi connectivity index (χ0) is 27.2. The van der Waals surface area contributed by atoms with E-state index < -0.39 is 10.0 Å². The number of nitrogens with one attached hydrogen (secondary N) is 3. The number of anilines is 3. The molecule has 3 aliphatic rings. The van der Waals surface area contributed by atoms with E-state index in [1.165, 1.54) is 41.9 Å². The average Bonchev–Trinajstić information content (AvgIpc) is 2.96. The molecule has 212 valence electrons. The van der Waals surface area contributed by atoms with Crippen LogP contribution >= 0.6 is 0 Å². The molecule has 2 heterocycles. The normalized spacial score (nSPS) is 23.2. The Morgan fingerprint density at radius 1 is 0.923 bits per heavy atom. The van der Waals surface area contributed by atoms with Crippen molar-refractivity contribution in [2.45, 2.75) is 80.9 Å². The lowest BCUT2D eigenvalue weighted by molar-refractivity contribution is 0.0730. The molecule has 1 saturated heterocycles. The average molecular weight is 559 g/mol. The summed E-state index contributed by atoms with van der Waals surface area (Å²) in [6.07, 6.45) is 10.00. The van der Waals surface area contributed by atoms with Crippen LogP contribution in [0.3, 0.4) is 0 Å². The number of aliphatic hydroxyl groups excluding tert-OH is 1. The summed E-state index contributed by atoms with van der Waals surface area (Å²) in [6, 6.07) is 6.59. The highest BCUT2D eigenvalue weighted by molar-refractivity contribution is 7.89. The first-order valence-corrected chi connectivity index (χ1v) is 15.4. The predicted octanol–water partition coefficient (Wildman–Crippen LogP) is 3.21. The van der Waals surface area contributed by atoms with E-state index in [9.17, 15) is 18.3 Å². The van der Waals surface area contributed by atoms with Gasteiger partial charge in [0.05, 0.1) is 24.2 Å². The molecule has 3 fully saturated rings. The summed E-state index contributed by atoms with van der Waals surface area (Å²) in [6.45, 7) is 1.40. The second kappa shape index (κ2) is 12.6. The number of morpholine rings is 1. The van der Waals surface area contributed by atoms with Gasteiger partial charge in [0.15, 0.2) is 0 Å². The molecule has 0 unspecified atom stereocenters. The lowest BCUT2D eigenvalue weighted by Gasteiger charge is -2.28. The van der Waals surface area contributed by atoms with Crippen LogP contribution in [0.15, 0.2) is 35.4 Å². The van der Waals surface area contributed by atoms with Gasteiger partial charge in [-0.25, -0.2) is 13.4 Å². The maximum atomic E-state index is 13.3. The molecule has 2 aliphatic carbocycles. The van der Waals surface area contributed by atoms with Gasteiger partial charge in [-0.05, 0) is 62.8 Å². The number of aliphatic hydroxyl groups is 1. The van der Waals surface area contributed by atoms with Crippen molar-refractivity contribution in [3.63, 3.8) is 0 Å². The van der Waals surface area contributed by atoms with Crippen molar-refractivity contribution in [2.75, 3.05) is 42.3 Å². The number of rotatable bonds is 8. The Balaban J connectivity index is 1.31. The Hall–Kier alpha value is -2.80. The van der Waals surface area contributed by atoms with Crippen molar-refractivity contribution in [3.05, 3.63) is 36.0 Å². The van der Waals surface area contributed by atoms with E-state index in [2.05, 4.69) is 25.9 Å². The second-order valence-electron chi connectivity index (χ2n) is 10.6. The summed E-state index contributed by atoms with van der Waals surface area (Å²) in [4.78, 5) is 22.6. The Labute approximate surface area is 229 Å². The largest absolute Gasteiger partial charge is 0.393 e. The van der Waals surface area contributed by atoms with Gasteiger partial charge < -0.3 is 25.8 Å². The number of benzene rings is 1. The number of amides is 1. The molecule has 1 aliphatic heterocycles. The SMILES string of the molecule is O=C(Nc1ccc(S(=O)(=O)N2CCOCC2)cc1)c1cnc(NC2CCCCC2)nc1N[C@H]1CC[C@H](O)CC1. The van der Waals surface area contributed by atoms with Gasteiger partial charge in [0.2, 0.25) is 16.0 Å². The fourth-order valence-corrected chi connectivity index (χ4v) is 6.82. The quantitative estimate of drug-likeness (QED) is 0.384. The number of hydrogen-bond acceptors (Lipinski definition) is 9. The molecule has 1 aromatic carbocycles. The number of hydrogen-bond donors (Lipinski definition) is 4. The van der Waals surface area contributed by atoms with E-state index in [0.717, 1.165) is 25.7 Å². The van der Waals surface area contributed by atoms with Gasteiger partial charge in [-0.1, -0.05) is 19.3 Å². The molecule has 0 atom stereocenters. The monoisotopic (exact) mass is 558 g/mol. The highest BCUT2D eigenvalue weighted by Gasteiger charge is 2.27. The standard InChI is InChI=1S/C27H38N6O5S/c34-22-10-6-20(7-11-22)29-25-24(18-28-27(32-25)31-19-4-2-1-3-5-19)26(35)30-21-8-12-23(13-9-21)39(36,37)33-14-16-38-17-15-33/h8-9,12-13,18-20,22,34H,1-7,10-11,14-17H2,(H,30,35)(H2,28,29,31,32)/t20-,22-. The number of carbonyl (C=O) groups is 1. The lowest BCUT2D eigenvalue weighted by Crippen LogP contribution is -2.40. The second-order valence-corrected chi connectivity index (χ2v) is 12.5. The third-order valence-corrected chi connectivity index (χ3v) is 9.64. The zero-order valence-electron chi connectivity index (χ0n) is 22.1. The molecule has 12 heteroatoms. The molecule has 2 aromatic rings. The van der Waals surface area contributed by atoms with Gasteiger partial charge in [-0.2, -0.15) is 9.29 Å². The van der Waals surface area contributed by atoms with E-state index in [4.69, 9.17) is 4.74 Å². The summed E-state index contributed by atoms with van der Waals surface area (Å²) >= 11 is 0. The predicted molar refractivity (Wildman–Crippen MR) is 148 cm³/mol. The maximum absolute atomic E-state index is 13.3. The zero-order valence-corrected chi connectivity index (χ0v) is 23.0. The van der Waals surface area contributed by atoms with Crippen LogP contribution in [0.5, 0.6) is 0 Å². The number of nitrogens with zero attached hydrogens (tertiary/aromatic N) is 3. The third kappa shape index (κ3) is 7.05. The van der Waals surface area contributed by atoms with Crippen LogP contribution in [0.1, 0.15) is 68.1 Å². The smallest absolute Gasteiger partial charge is 0.260 e. The first kappa shape index (κ1) is 27.8. The fourth-order valence-electron chi connectivity index (χ4n) is 5.42. The summed E-state index contributed by atoms with van der Waals surface area (Å²) in [5.74, 6) is 0.560. The van der Waals surface area contributed by atoms with Crippen LogP contribution in [0.2, 0.25) is 0 Å². The van der Waals surface area contributed by atoms with Crippen LogP contribution in [-0.2, 0) is 14.8 Å². The van der Waals surface area contributed by atoms with Crippen LogP contribution in [0.25, 0.3) is 0 Å². The van der Waals surface area contributed by atoms with Crippen LogP contribution in [0.4, 0.5) is 17.5 Å². The van der Waals surface area contributed by atoms with E-state index in [1.54, 1.807) is 12.1 Å². The Morgan fingerprint density at radius 3 is 2.28 bits per heavy atom. The third-order valence-electron chi connectivity index (χ3n) is 7.73. The molecule has 1 amide bonds.